The van der Waals surface area contributed by atoms with Crippen LogP contribution in [-0.4, -0.2) is 23.5 Å². The average molecular weight is 282 g/mol. The molecule has 2 aromatic carbocycles. The molecule has 0 saturated carbocycles. The largest absolute Gasteiger partial charge is 0.482 e. The first-order valence-corrected chi connectivity index (χ1v) is 6.37. The van der Waals surface area contributed by atoms with Gasteiger partial charge >= 0.3 is 5.97 Å². The fraction of sp³-hybridized carbons (Fsp3) is 0.0588. The molecule has 0 aliphatic carbocycles. The summed E-state index contributed by atoms with van der Waals surface area (Å²) in [6.45, 7) is -0.402. The number of carbonyl (C=O) groups is 2. The van der Waals surface area contributed by atoms with Crippen molar-refractivity contribution in [1.82, 2.24) is 0 Å². The van der Waals surface area contributed by atoms with Gasteiger partial charge in [0.1, 0.15) is 5.75 Å². The summed E-state index contributed by atoms with van der Waals surface area (Å²) in [6, 6.07) is 15.9. The van der Waals surface area contributed by atoms with E-state index in [2.05, 4.69) is 0 Å². The van der Waals surface area contributed by atoms with Crippen LogP contribution >= 0.6 is 0 Å². The van der Waals surface area contributed by atoms with E-state index >= 15 is 0 Å². The normalized spacial score (nSPS) is 10.5. The number of hydrogen-bond acceptors (Lipinski definition) is 3. The molecular weight excluding hydrogens is 268 g/mol. The summed E-state index contributed by atoms with van der Waals surface area (Å²) in [5.74, 6) is -0.745. The van der Waals surface area contributed by atoms with Crippen molar-refractivity contribution in [1.29, 1.82) is 0 Å². The Labute approximate surface area is 122 Å². The topological polar surface area (TPSA) is 63.6 Å². The van der Waals surface area contributed by atoms with E-state index in [0.29, 0.717) is 11.3 Å². The van der Waals surface area contributed by atoms with Gasteiger partial charge in [-0.05, 0) is 35.9 Å². The summed E-state index contributed by atoms with van der Waals surface area (Å²) in [4.78, 5) is 22.4. The van der Waals surface area contributed by atoms with E-state index in [1.54, 1.807) is 30.3 Å². The molecule has 0 heterocycles. The third kappa shape index (κ3) is 4.62. The quantitative estimate of drug-likeness (QED) is 0.653. The Balaban J connectivity index is 2.00. The van der Waals surface area contributed by atoms with E-state index in [1.165, 1.54) is 6.08 Å². The predicted molar refractivity (Wildman–Crippen MR) is 79.4 cm³/mol. The third-order valence-corrected chi connectivity index (χ3v) is 2.73. The number of benzene rings is 2. The molecular formula is C17H14O4. The fourth-order valence-electron chi connectivity index (χ4n) is 1.69. The van der Waals surface area contributed by atoms with E-state index in [-0.39, 0.29) is 5.78 Å². The molecule has 0 aliphatic rings. The van der Waals surface area contributed by atoms with Crippen molar-refractivity contribution in [2.24, 2.45) is 0 Å². The summed E-state index contributed by atoms with van der Waals surface area (Å²) in [6.07, 6.45) is 3.25. The SMILES string of the molecule is O=C(O)COc1ccc(C(=O)/C=C\c2ccccc2)cc1. The van der Waals surface area contributed by atoms with Gasteiger partial charge in [0.15, 0.2) is 12.4 Å². The first kappa shape index (κ1) is 14.5. The third-order valence-electron chi connectivity index (χ3n) is 2.73. The number of ketones is 1. The molecule has 2 aromatic rings. The zero-order chi connectivity index (χ0) is 15.1. The van der Waals surface area contributed by atoms with Gasteiger partial charge in [-0.1, -0.05) is 36.4 Å². The summed E-state index contributed by atoms with van der Waals surface area (Å²) in [5.41, 5.74) is 1.47. The number of carbonyl (C=O) groups excluding carboxylic acids is 1. The number of allylic oxidation sites excluding steroid dienone is 1. The molecule has 0 atom stereocenters. The number of hydrogen-bond donors (Lipinski definition) is 1. The van der Waals surface area contributed by atoms with Gasteiger partial charge in [-0.25, -0.2) is 4.79 Å². The molecule has 4 heteroatoms. The summed E-state index contributed by atoms with van der Waals surface area (Å²) >= 11 is 0. The molecule has 0 saturated heterocycles. The predicted octanol–water partition coefficient (Wildman–Crippen LogP) is 3.05. The molecule has 0 aromatic heterocycles. The van der Waals surface area contributed by atoms with Gasteiger partial charge in [0, 0.05) is 5.56 Å². The second-order valence-electron chi connectivity index (χ2n) is 4.32. The molecule has 0 amide bonds. The van der Waals surface area contributed by atoms with Crippen LogP contribution < -0.4 is 4.74 Å². The summed E-state index contributed by atoms with van der Waals surface area (Å²) in [7, 11) is 0. The Morgan fingerprint density at radius 1 is 1.00 bits per heavy atom. The Hall–Kier alpha value is -2.88. The molecule has 4 nitrogen and oxygen atoms in total. The summed E-state index contributed by atoms with van der Waals surface area (Å²) < 4.78 is 5.00. The van der Waals surface area contributed by atoms with Crippen LogP contribution in [0, 0.1) is 0 Å². The average Bonchev–Trinajstić information content (AvgIpc) is 2.52. The standard InChI is InChI=1S/C17H14O4/c18-16(11-6-13-4-2-1-3-5-13)14-7-9-15(10-8-14)21-12-17(19)20/h1-11H,12H2,(H,19,20)/b11-6-. The van der Waals surface area contributed by atoms with Crippen molar-refractivity contribution >= 4 is 17.8 Å². The molecule has 0 aliphatic heterocycles. The van der Waals surface area contributed by atoms with Gasteiger partial charge in [0.05, 0.1) is 0 Å². The highest BCUT2D eigenvalue weighted by molar-refractivity contribution is 6.06. The fourth-order valence-corrected chi connectivity index (χ4v) is 1.69. The number of carboxylic acid groups (broad SMARTS) is 1. The van der Waals surface area contributed by atoms with Crippen LogP contribution in [0.2, 0.25) is 0 Å². The van der Waals surface area contributed by atoms with Crippen LogP contribution in [0.1, 0.15) is 15.9 Å². The van der Waals surface area contributed by atoms with Crippen molar-refractivity contribution in [2.75, 3.05) is 6.61 Å². The molecule has 0 spiro atoms. The zero-order valence-corrected chi connectivity index (χ0v) is 11.2. The van der Waals surface area contributed by atoms with Gasteiger partial charge in [-0.15, -0.1) is 0 Å². The number of aliphatic carboxylic acids is 1. The highest BCUT2D eigenvalue weighted by Gasteiger charge is 2.03. The minimum atomic E-state index is -1.04. The van der Waals surface area contributed by atoms with E-state index in [4.69, 9.17) is 9.84 Å². The smallest absolute Gasteiger partial charge is 0.341 e. The van der Waals surface area contributed by atoms with Gasteiger partial charge in [0.2, 0.25) is 0 Å². The number of carboxylic acids is 1. The Kier molecular flexibility index (Phi) is 4.88. The molecule has 0 radical (unpaired) electrons. The van der Waals surface area contributed by atoms with Crippen molar-refractivity contribution < 1.29 is 19.4 Å². The second-order valence-corrected chi connectivity index (χ2v) is 4.32. The lowest BCUT2D eigenvalue weighted by molar-refractivity contribution is -0.139. The lowest BCUT2D eigenvalue weighted by Crippen LogP contribution is -2.09. The van der Waals surface area contributed by atoms with E-state index in [0.717, 1.165) is 5.56 Å². The van der Waals surface area contributed by atoms with E-state index in [1.807, 2.05) is 30.3 Å². The number of ether oxygens (including phenoxy) is 1. The maximum Gasteiger partial charge on any atom is 0.341 e. The summed E-state index contributed by atoms with van der Waals surface area (Å²) in [5, 5.41) is 8.51. The zero-order valence-electron chi connectivity index (χ0n) is 11.2. The lowest BCUT2D eigenvalue weighted by atomic mass is 10.1. The minimum Gasteiger partial charge on any atom is -0.482 e. The highest BCUT2D eigenvalue weighted by atomic mass is 16.5. The first-order valence-electron chi connectivity index (χ1n) is 6.37. The Morgan fingerprint density at radius 2 is 1.67 bits per heavy atom. The van der Waals surface area contributed by atoms with Gasteiger partial charge < -0.3 is 9.84 Å². The van der Waals surface area contributed by atoms with Gasteiger partial charge in [0.25, 0.3) is 0 Å². The van der Waals surface area contributed by atoms with Crippen LogP contribution in [0.4, 0.5) is 0 Å². The maximum absolute atomic E-state index is 12.0. The molecule has 0 bridgehead atoms. The molecule has 0 unspecified atom stereocenters. The van der Waals surface area contributed by atoms with Crippen LogP contribution in [0.5, 0.6) is 5.75 Å². The molecule has 21 heavy (non-hydrogen) atoms. The van der Waals surface area contributed by atoms with Crippen molar-refractivity contribution in [3.05, 3.63) is 71.8 Å². The van der Waals surface area contributed by atoms with Crippen molar-refractivity contribution in [3.63, 3.8) is 0 Å². The molecule has 106 valence electrons. The Morgan fingerprint density at radius 3 is 2.29 bits per heavy atom. The Bertz CT molecular complexity index is 642. The van der Waals surface area contributed by atoms with Crippen LogP contribution in [0.3, 0.4) is 0 Å². The first-order chi connectivity index (χ1) is 10.1. The monoisotopic (exact) mass is 282 g/mol. The lowest BCUT2D eigenvalue weighted by Gasteiger charge is -2.03. The minimum absolute atomic E-state index is 0.122. The second kappa shape index (κ2) is 7.05. The highest BCUT2D eigenvalue weighted by Crippen LogP contribution is 2.13. The van der Waals surface area contributed by atoms with E-state index < -0.39 is 12.6 Å². The van der Waals surface area contributed by atoms with Crippen LogP contribution in [0.25, 0.3) is 6.08 Å². The van der Waals surface area contributed by atoms with Crippen molar-refractivity contribution in [3.8, 4) is 5.75 Å². The van der Waals surface area contributed by atoms with E-state index in [9.17, 15) is 9.59 Å². The number of rotatable bonds is 6. The molecule has 0 fully saturated rings. The molecule has 1 N–H and O–H groups in total. The maximum atomic E-state index is 12.0. The van der Waals surface area contributed by atoms with Gasteiger partial charge in [-0.2, -0.15) is 0 Å². The van der Waals surface area contributed by atoms with Crippen molar-refractivity contribution in [2.45, 2.75) is 0 Å². The van der Waals surface area contributed by atoms with Gasteiger partial charge in [-0.3, -0.25) is 4.79 Å². The van der Waals surface area contributed by atoms with Crippen LogP contribution in [0.15, 0.2) is 60.7 Å². The molecule has 2 rings (SSSR count). The van der Waals surface area contributed by atoms with Crippen LogP contribution in [-0.2, 0) is 4.79 Å².